The van der Waals surface area contributed by atoms with E-state index in [2.05, 4.69) is 5.32 Å². The predicted octanol–water partition coefficient (Wildman–Crippen LogP) is 1.13. The first-order valence-electron chi connectivity index (χ1n) is 6.34. The number of ether oxygens (including phenoxy) is 1. The first kappa shape index (κ1) is 12.8. The van der Waals surface area contributed by atoms with Crippen LogP contribution in [0.1, 0.15) is 38.5 Å². The SMILES string of the molecule is NC(=S)C1(C(=O)NC2CCCC2)CCOCC1. The van der Waals surface area contributed by atoms with Crippen molar-refractivity contribution in [2.75, 3.05) is 13.2 Å². The van der Waals surface area contributed by atoms with Gasteiger partial charge >= 0.3 is 0 Å². The fourth-order valence-corrected chi connectivity index (χ4v) is 3.00. The van der Waals surface area contributed by atoms with Crippen LogP contribution in [0.3, 0.4) is 0 Å². The molecule has 5 heteroatoms. The number of carbonyl (C=O) groups is 1. The van der Waals surface area contributed by atoms with E-state index in [-0.39, 0.29) is 5.91 Å². The Morgan fingerprint density at radius 3 is 2.41 bits per heavy atom. The molecule has 0 atom stereocenters. The van der Waals surface area contributed by atoms with Crippen LogP contribution in [-0.2, 0) is 9.53 Å². The lowest BCUT2D eigenvalue weighted by atomic mass is 9.79. The van der Waals surface area contributed by atoms with Crippen LogP contribution in [0.4, 0.5) is 0 Å². The zero-order valence-electron chi connectivity index (χ0n) is 10.0. The van der Waals surface area contributed by atoms with Crippen molar-refractivity contribution in [3.05, 3.63) is 0 Å². The maximum Gasteiger partial charge on any atom is 0.233 e. The summed E-state index contributed by atoms with van der Waals surface area (Å²) < 4.78 is 5.30. The predicted molar refractivity (Wildman–Crippen MR) is 69.7 cm³/mol. The third-order valence-electron chi connectivity index (χ3n) is 3.94. The summed E-state index contributed by atoms with van der Waals surface area (Å²) in [4.78, 5) is 12.7. The molecule has 1 saturated carbocycles. The Balaban J connectivity index is 2.04. The van der Waals surface area contributed by atoms with Gasteiger partial charge in [0.25, 0.3) is 0 Å². The van der Waals surface area contributed by atoms with E-state index in [0.29, 0.717) is 37.1 Å². The fourth-order valence-electron chi connectivity index (χ4n) is 2.70. The van der Waals surface area contributed by atoms with Crippen molar-refractivity contribution < 1.29 is 9.53 Å². The van der Waals surface area contributed by atoms with E-state index < -0.39 is 5.41 Å². The van der Waals surface area contributed by atoms with Crippen molar-refractivity contribution in [1.82, 2.24) is 5.32 Å². The molecule has 1 saturated heterocycles. The van der Waals surface area contributed by atoms with Crippen LogP contribution >= 0.6 is 12.2 Å². The van der Waals surface area contributed by atoms with Gasteiger partial charge in [0.05, 0.1) is 4.99 Å². The summed E-state index contributed by atoms with van der Waals surface area (Å²) in [6, 6.07) is 0.316. The molecule has 0 unspecified atom stereocenters. The Kier molecular flexibility index (Phi) is 3.99. The van der Waals surface area contributed by atoms with Crippen LogP contribution in [0.2, 0.25) is 0 Å². The van der Waals surface area contributed by atoms with E-state index in [1.165, 1.54) is 12.8 Å². The lowest BCUT2D eigenvalue weighted by Gasteiger charge is -2.35. The summed E-state index contributed by atoms with van der Waals surface area (Å²) >= 11 is 5.11. The fraction of sp³-hybridized carbons (Fsp3) is 0.833. The van der Waals surface area contributed by atoms with E-state index >= 15 is 0 Å². The molecular formula is C12H20N2O2S. The summed E-state index contributed by atoms with van der Waals surface area (Å²) in [6.45, 7) is 1.13. The lowest BCUT2D eigenvalue weighted by molar-refractivity contribution is -0.132. The van der Waals surface area contributed by atoms with Crippen LogP contribution in [0.5, 0.6) is 0 Å². The summed E-state index contributed by atoms with van der Waals surface area (Å²) in [5.74, 6) is 0.0141. The highest BCUT2D eigenvalue weighted by Crippen LogP contribution is 2.32. The van der Waals surface area contributed by atoms with Gasteiger partial charge in [0.15, 0.2) is 0 Å². The molecule has 1 heterocycles. The van der Waals surface area contributed by atoms with Crippen LogP contribution in [0.25, 0.3) is 0 Å². The molecule has 17 heavy (non-hydrogen) atoms. The molecule has 3 N–H and O–H groups in total. The average molecular weight is 256 g/mol. The van der Waals surface area contributed by atoms with E-state index in [0.717, 1.165) is 12.8 Å². The molecule has 4 nitrogen and oxygen atoms in total. The molecule has 2 fully saturated rings. The number of rotatable bonds is 3. The third-order valence-corrected chi connectivity index (χ3v) is 4.33. The normalized spacial score (nSPS) is 24.5. The molecule has 1 aliphatic heterocycles. The van der Waals surface area contributed by atoms with Crippen LogP contribution < -0.4 is 11.1 Å². The summed E-state index contributed by atoms with van der Waals surface area (Å²) in [6.07, 6.45) is 5.79. The van der Waals surface area contributed by atoms with Crippen molar-refractivity contribution in [3.8, 4) is 0 Å². The standard InChI is InChI=1S/C12H20N2O2S/c13-10(17)12(5-7-16-8-6-12)11(15)14-9-3-1-2-4-9/h9H,1-8H2,(H2,13,17)(H,14,15). The maximum atomic E-state index is 12.4. The summed E-state index contributed by atoms with van der Waals surface area (Å²) in [7, 11) is 0. The first-order chi connectivity index (χ1) is 8.15. The van der Waals surface area contributed by atoms with Crippen LogP contribution in [0.15, 0.2) is 0 Å². The number of carbonyl (C=O) groups excluding carboxylic acids is 1. The van der Waals surface area contributed by atoms with E-state index in [4.69, 9.17) is 22.7 Å². The van der Waals surface area contributed by atoms with Gasteiger partial charge in [-0.05, 0) is 25.7 Å². The molecule has 0 aromatic carbocycles. The molecule has 0 bridgehead atoms. The van der Waals surface area contributed by atoms with Crippen LogP contribution in [0, 0.1) is 5.41 Å². The number of hydrogen-bond donors (Lipinski definition) is 2. The topological polar surface area (TPSA) is 64.4 Å². The minimum absolute atomic E-state index is 0.0141. The highest BCUT2D eigenvalue weighted by Gasteiger charge is 2.43. The molecule has 2 aliphatic rings. The van der Waals surface area contributed by atoms with Crippen molar-refractivity contribution in [2.24, 2.45) is 11.1 Å². The minimum Gasteiger partial charge on any atom is -0.392 e. The van der Waals surface area contributed by atoms with E-state index in [1.54, 1.807) is 0 Å². The molecule has 96 valence electrons. The molecule has 0 radical (unpaired) electrons. The van der Waals surface area contributed by atoms with Gasteiger partial charge < -0.3 is 15.8 Å². The molecular weight excluding hydrogens is 236 g/mol. The van der Waals surface area contributed by atoms with Crippen molar-refractivity contribution in [3.63, 3.8) is 0 Å². The minimum atomic E-state index is -0.670. The van der Waals surface area contributed by atoms with Crippen molar-refractivity contribution >= 4 is 23.1 Å². The number of amides is 1. The molecule has 2 rings (SSSR count). The molecule has 0 aromatic heterocycles. The highest BCUT2D eigenvalue weighted by atomic mass is 32.1. The van der Waals surface area contributed by atoms with E-state index in [9.17, 15) is 4.79 Å². The zero-order chi connectivity index (χ0) is 12.3. The van der Waals surface area contributed by atoms with Gasteiger partial charge in [-0.25, -0.2) is 0 Å². The van der Waals surface area contributed by atoms with E-state index in [1.807, 2.05) is 0 Å². The zero-order valence-corrected chi connectivity index (χ0v) is 10.9. The monoisotopic (exact) mass is 256 g/mol. The largest absolute Gasteiger partial charge is 0.392 e. The summed E-state index contributed by atoms with van der Waals surface area (Å²) in [5.41, 5.74) is 5.12. The number of nitrogens with two attached hydrogens (primary N) is 1. The van der Waals surface area contributed by atoms with Gasteiger partial charge in [-0.1, -0.05) is 25.1 Å². The second-order valence-corrected chi connectivity index (χ2v) is 5.45. The Labute approximate surface area is 107 Å². The smallest absolute Gasteiger partial charge is 0.233 e. The van der Waals surface area contributed by atoms with Gasteiger partial charge in [-0.3, -0.25) is 4.79 Å². The lowest BCUT2D eigenvalue weighted by Crippen LogP contribution is -2.53. The number of hydrogen-bond acceptors (Lipinski definition) is 3. The Morgan fingerprint density at radius 1 is 1.29 bits per heavy atom. The van der Waals surface area contributed by atoms with Gasteiger partial charge in [0.1, 0.15) is 5.41 Å². The second kappa shape index (κ2) is 5.31. The molecule has 1 amide bonds. The van der Waals surface area contributed by atoms with Crippen molar-refractivity contribution in [1.29, 1.82) is 0 Å². The number of thiocarbonyl (C=S) groups is 1. The maximum absolute atomic E-state index is 12.4. The molecule has 0 aromatic rings. The van der Waals surface area contributed by atoms with Gasteiger partial charge in [0.2, 0.25) is 5.91 Å². The Morgan fingerprint density at radius 2 is 1.88 bits per heavy atom. The summed E-state index contributed by atoms with van der Waals surface area (Å²) in [5, 5.41) is 3.11. The average Bonchev–Trinajstić information content (AvgIpc) is 2.82. The van der Waals surface area contributed by atoms with Gasteiger partial charge in [0, 0.05) is 19.3 Å². The quantitative estimate of drug-likeness (QED) is 0.743. The first-order valence-corrected chi connectivity index (χ1v) is 6.74. The Hall–Kier alpha value is -0.680. The number of nitrogens with one attached hydrogen (secondary N) is 1. The second-order valence-electron chi connectivity index (χ2n) is 5.01. The van der Waals surface area contributed by atoms with Gasteiger partial charge in [-0.15, -0.1) is 0 Å². The third kappa shape index (κ3) is 2.60. The Bertz CT molecular complexity index is 308. The highest BCUT2D eigenvalue weighted by molar-refractivity contribution is 7.80. The molecule has 1 aliphatic carbocycles. The van der Waals surface area contributed by atoms with Crippen LogP contribution in [-0.4, -0.2) is 30.2 Å². The van der Waals surface area contributed by atoms with Crippen molar-refractivity contribution in [2.45, 2.75) is 44.6 Å². The van der Waals surface area contributed by atoms with Gasteiger partial charge in [-0.2, -0.15) is 0 Å². The molecule has 0 spiro atoms.